The van der Waals surface area contributed by atoms with E-state index in [1.807, 2.05) is 0 Å². The first-order valence-corrected chi connectivity index (χ1v) is 9.48. The van der Waals surface area contributed by atoms with Crippen LogP contribution in [0.3, 0.4) is 0 Å². The number of alkyl halides is 3. The summed E-state index contributed by atoms with van der Waals surface area (Å²) in [6.45, 7) is 1.72. The Labute approximate surface area is 184 Å². The molecule has 2 aromatic heterocycles. The van der Waals surface area contributed by atoms with Gasteiger partial charge in [-0.1, -0.05) is 29.3 Å². The maximum atomic E-state index is 13.0. The first-order chi connectivity index (χ1) is 14.6. The van der Waals surface area contributed by atoms with Crippen molar-refractivity contribution in [3.8, 4) is 0 Å². The van der Waals surface area contributed by atoms with E-state index < -0.39 is 28.7 Å². The smallest absolute Gasteiger partial charge is 0.382 e. The number of anilines is 3. The Morgan fingerprint density at radius 1 is 1.13 bits per heavy atom. The van der Waals surface area contributed by atoms with Gasteiger partial charge in [0.2, 0.25) is 0 Å². The van der Waals surface area contributed by atoms with Gasteiger partial charge in [0.1, 0.15) is 23.0 Å². The largest absolute Gasteiger partial charge is 0.417 e. The lowest BCUT2D eigenvalue weighted by molar-refractivity contribution is -0.137. The Hall–Kier alpha value is -3.11. The van der Waals surface area contributed by atoms with Crippen molar-refractivity contribution in [3.63, 3.8) is 0 Å². The number of benzene rings is 1. The molecule has 162 valence electrons. The molecule has 0 bridgehead atoms. The highest BCUT2D eigenvalue weighted by Gasteiger charge is 2.33. The number of hydrogen-bond acceptors (Lipinski definition) is 6. The van der Waals surface area contributed by atoms with Crippen LogP contribution in [0.1, 0.15) is 34.6 Å². The summed E-state index contributed by atoms with van der Waals surface area (Å²) in [5, 5.41) is 5.05. The van der Waals surface area contributed by atoms with E-state index in [0.29, 0.717) is 11.4 Å². The second-order valence-electron chi connectivity index (χ2n) is 6.41. The number of rotatable bonds is 5. The van der Waals surface area contributed by atoms with Crippen LogP contribution >= 0.6 is 23.2 Å². The molecule has 0 aliphatic heterocycles. The zero-order valence-corrected chi connectivity index (χ0v) is 17.3. The van der Waals surface area contributed by atoms with Crippen LogP contribution in [0.4, 0.5) is 30.5 Å². The standard InChI is InChI=1S/C19H15Cl2F3N6O/c1-9(29-18(31)16-15(21)17(25)28-8-27-16)10-2-5-14(26-7-10)30-11-3-4-13(20)12(6-11)19(22,23)24/h2-9H,1H3,(H,26,30)(H,29,31)(H2,25,27,28). The summed E-state index contributed by atoms with van der Waals surface area (Å²) < 4.78 is 39.0. The van der Waals surface area contributed by atoms with Gasteiger partial charge in [-0.2, -0.15) is 13.2 Å². The molecule has 3 aromatic rings. The fourth-order valence-corrected chi connectivity index (χ4v) is 3.00. The first kappa shape index (κ1) is 22.6. The highest BCUT2D eigenvalue weighted by Crippen LogP contribution is 2.36. The number of nitrogens with one attached hydrogen (secondary N) is 2. The molecule has 0 spiro atoms. The number of nitrogens with two attached hydrogens (primary N) is 1. The van der Waals surface area contributed by atoms with E-state index in [2.05, 4.69) is 25.6 Å². The predicted octanol–water partition coefficient (Wildman–Crippen LogP) is 5.01. The number of hydrogen-bond donors (Lipinski definition) is 3. The second-order valence-corrected chi connectivity index (χ2v) is 7.20. The zero-order valence-electron chi connectivity index (χ0n) is 15.8. The number of pyridine rings is 1. The molecule has 2 heterocycles. The van der Waals surface area contributed by atoms with Gasteiger partial charge in [0.25, 0.3) is 5.91 Å². The average molecular weight is 471 g/mol. The van der Waals surface area contributed by atoms with E-state index in [1.54, 1.807) is 19.1 Å². The molecular formula is C19H15Cl2F3N6O. The fourth-order valence-electron chi connectivity index (χ4n) is 2.59. The summed E-state index contributed by atoms with van der Waals surface area (Å²) in [5.41, 5.74) is 5.38. The van der Waals surface area contributed by atoms with E-state index in [4.69, 9.17) is 28.9 Å². The third kappa shape index (κ3) is 5.33. The molecule has 1 atom stereocenters. The second kappa shape index (κ2) is 8.94. The van der Waals surface area contributed by atoms with Gasteiger partial charge in [0.05, 0.1) is 16.6 Å². The van der Waals surface area contributed by atoms with Crippen LogP contribution in [0.25, 0.3) is 0 Å². The number of halogens is 5. The number of amides is 1. The maximum Gasteiger partial charge on any atom is 0.417 e. The molecule has 0 aliphatic carbocycles. The lowest BCUT2D eigenvalue weighted by Crippen LogP contribution is -2.28. The van der Waals surface area contributed by atoms with Crippen molar-refractivity contribution in [2.75, 3.05) is 11.1 Å². The molecular weight excluding hydrogens is 456 g/mol. The van der Waals surface area contributed by atoms with Gasteiger partial charge >= 0.3 is 6.18 Å². The lowest BCUT2D eigenvalue weighted by Gasteiger charge is -2.15. The van der Waals surface area contributed by atoms with Gasteiger partial charge in [0, 0.05) is 11.9 Å². The minimum atomic E-state index is -4.57. The third-order valence-corrected chi connectivity index (χ3v) is 4.91. The van der Waals surface area contributed by atoms with Crippen molar-refractivity contribution >= 4 is 46.4 Å². The Bertz CT molecular complexity index is 1110. The van der Waals surface area contributed by atoms with Crippen LogP contribution in [-0.2, 0) is 6.18 Å². The maximum absolute atomic E-state index is 13.0. The molecule has 3 rings (SSSR count). The molecule has 7 nitrogen and oxygen atoms in total. The van der Waals surface area contributed by atoms with Gasteiger partial charge in [0.15, 0.2) is 5.69 Å². The van der Waals surface area contributed by atoms with Gasteiger partial charge in [-0.15, -0.1) is 0 Å². The van der Waals surface area contributed by atoms with Crippen LogP contribution in [0.5, 0.6) is 0 Å². The molecule has 0 aliphatic rings. The molecule has 4 N–H and O–H groups in total. The Balaban J connectivity index is 1.70. The Kier molecular flexibility index (Phi) is 6.51. The number of nitrogen functional groups attached to an aromatic ring is 1. The third-order valence-electron chi connectivity index (χ3n) is 4.21. The zero-order chi connectivity index (χ0) is 22.8. The molecule has 0 fully saturated rings. The topological polar surface area (TPSA) is 106 Å². The van der Waals surface area contributed by atoms with Gasteiger partial charge in [-0.3, -0.25) is 4.79 Å². The monoisotopic (exact) mass is 470 g/mol. The highest BCUT2D eigenvalue weighted by molar-refractivity contribution is 6.35. The fraction of sp³-hybridized carbons (Fsp3) is 0.158. The molecule has 0 radical (unpaired) electrons. The number of carbonyl (C=O) groups is 1. The van der Waals surface area contributed by atoms with E-state index >= 15 is 0 Å². The van der Waals surface area contributed by atoms with E-state index in [0.717, 1.165) is 18.5 Å². The highest BCUT2D eigenvalue weighted by atomic mass is 35.5. The minimum Gasteiger partial charge on any atom is -0.382 e. The molecule has 1 aromatic carbocycles. The summed E-state index contributed by atoms with van der Waals surface area (Å²) >= 11 is 11.6. The Morgan fingerprint density at radius 2 is 1.87 bits per heavy atom. The summed E-state index contributed by atoms with van der Waals surface area (Å²) in [4.78, 5) is 24.1. The summed E-state index contributed by atoms with van der Waals surface area (Å²) in [5.74, 6) is -0.249. The van der Waals surface area contributed by atoms with Gasteiger partial charge in [-0.05, 0) is 36.8 Å². The summed E-state index contributed by atoms with van der Waals surface area (Å²) in [6, 6.07) is 6.23. The molecule has 12 heteroatoms. The normalized spacial score (nSPS) is 12.3. The Morgan fingerprint density at radius 3 is 2.52 bits per heavy atom. The van der Waals surface area contributed by atoms with E-state index in [9.17, 15) is 18.0 Å². The molecule has 1 amide bonds. The lowest BCUT2D eigenvalue weighted by atomic mass is 10.1. The van der Waals surface area contributed by atoms with Crippen LogP contribution in [0.2, 0.25) is 10.0 Å². The quantitative estimate of drug-likeness (QED) is 0.483. The van der Waals surface area contributed by atoms with Crippen molar-refractivity contribution < 1.29 is 18.0 Å². The first-order valence-electron chi connectivity index (χ1n) is 8.73. The van der Waals surface area contributed by atoms with Crippen LogP contribution < -0.4 is 16.4 Å². The van der Waals surface area contributed by atoms with E-state index in [1.165, 1.54) is 12.3 Å². The van der Waals surface area contributed by atoms with Crippen molar-refractivity contribution in [3.05, 3.63) is 69.7 Å². The van der Waals surface area contributed by atoms with Gasteiger partial charge < -0.3 is 16.4 Å². The SMILES string of the molecule is CC(NC(=O)c1ncnc(N)c1Cl)c1ccc(Nc2ccc(Cl)c(C(F)(F)F)c2)nc1. The van der Waals surface area contributed by atoms with Crippen molar-refractivity contribution in [2.24, 2.45) is 0 Å². The summed E-state index contributed by atoms with van der Waals surface area (Å²) in [7, 11) is 0. The van der Waals surface area contributed by atoms with Gasteiger partial charge in [-0.25, -0.2) is 15.0 Å². The van der Waals surface area contributed by atoms with Crippen molar-refractivity contribution in [1.82, 2.24) is 20.3 Å². The van der Waals surface area contributed by atoms with E-state index in [-0.39, 0.29) is 22.2 Å². The predicted molar refractivity (Wildman–Crippen MR) is 111 cm³/mol. The van der Waals surface area contributed by atoms with Crippen LogP contribution in [0.15, 0.2) is 42.9 Å². The van der Waals surface area contributed by atoms with Crippen molar-refractivity contribution in [1.29, 1.82) is 0 Å². The molecule has 0 saturated carbocycles. The molecule has 0 saturated heterocycles. The van der Waals surface area contributed by atoms with Crippen molar-refractivity contribution in [2.45, 2.75) is 19.1 Å². The summed E-state index contributed by atoms with van der Waals surface area (Å²) in [6.07, 6.45) is -1.97. The minimum absolute atomic E-state index is 0.0116. The number of aromatic nitrogens is 3. The molecule has 1 unspecified atom stereocenters. The van der Waals surface area contributed by atoms with Crippen LogP contribution in [0, 0.1) is 0 Å². The number of carbonyl (C=O) groups excluding carboxylic acids is 1. The number of nitrogens with zero attached hydrogens (tertiary/aromatic N) is 3. The molecule has 31 heavy (non-hydrogen) atoms. The van der Waals surface area contributed by atoms with Crippen LogP contribution in [-0.4, -0.2) is 20.9 Å². The average Bonchev–Trinajstić information content (AvgIpc) is 2.71.